The van der Waals surface area contributed by atoms with E-state index < -0.39 is 56.0 Å². The summed E-state index contributed by atoms with van der Waals surface area (Å²) in [6, 6.07) is 0. The van der Waals surface area contributed by atoms with Gasteiger partial charge in [-0.3, -0.25) is 0 Å². The standard InChI is InChI=1S/C9H10F6NO6S2/c1-5(2)7(17)22-4-3-6(10)8(11,12)23(18,19)16-24(20,21)9(13,14)15/h6H,1,3-4H2,2H3/q-1. The van der Waals surface area contributed by atoms with Crippen molar-refractivity contribution in [2.75, 3.05) is 6.61 Å². The Labute approximate surface area is 132 Å². The number of ether oxygens (including phenoxy) is 1. The number of alkyl halides is 6. The van der Waals surface area contributed by atoms with Crippen LogP contribution in [0.4, 0.5) is 26.3 Å². The van der Waals surface area contributed by atoms with Crippen LogP contribution in [-0.4, -0.2) is 46.3 Å². The maximum atomic E-state index is 13.4. The number of nitrogens with zero attached hydrogens (tertiary/aromatic N) is 1. The van der Waals surface area contributed by atoms with Gasteiger partial charge in [0.25, 0.3) is 0 Å². The molecule has 1 atom stereocenters. The van der Waals surface area contributed by atoms with Crippen molar-refractivity contribution in [2.45, 2.75) is 30.3 Å². The summed E-state index contributed by atoms with van der Waals surface area (Å²) >= 11 is 0. The van der Waals surface area contributed by atoms with Gasteiger partial charge in [0.2, 0.25) is 0 Å². The van der Waals surface area contributed by atoms with Crippen molar-refractivity contribution in [2.24, 2.45) is 0 Å². The first kappa shape index (κ1) is 22.6. The third-order valence-corrected chi connectivity index (χ3v) is 5.25. The molecule has 142 valence electrons. The molecule has 0 N–H and O–H groups in total. The minimum absolute atomic E-state index is 0.184. The van der Waals surface area contributed by atoms with Gasteiger partial charge < -0.3 is 8.86 Å². The highest BCUT2D eigenvalue weighted by Gasteiger charge is 2.51. The molecular weight excluding hydrogens is 396 g/mol. The fourth-order valence-corrected chi connectivity index (χ4v) is 3.14. The second kappa shape index (κ2) is 7.26. The van der Waals surface area contributed by atoms with E-state index in [1.165, 1.54) is 0 Å². The topological polar surface area (TPSA) is 109 Å². The van der Waals surface area contributed by atoms with Crippen LogP contribution in [0.2, 0.25) is 0 Å². The highest BCUT2D eigenvalue weighted by atomic mass is 32.3. The summed E-state index contributed by atoms with van der Waals surface area (Å²) in [5.74, 6) is -1.11. The second-order valence-electron chi connectivity index (χ2n) is 4.20. The SMILES string of the molecule is C=C(C)C(=O)OCCC(F)C(F)(F)S(=O)(=O)[N-]S(=O)(=O)C(F)(F)F. The van der Waals surface area contributed by atoms with E-state index in [0.29, 0.717) is 0 Å². The first-order valence-corrected chi connectivity index (χ1v) is 8.48. The maximum Gasteiger partial charge on any atom is 0.480 e. The summed E-state index contributed by atoms with van der Waals surface area (Å²) in [4.78, 5) is 10.9. The van der Waals surface area contributed by atoms with Crippen LogP contribution in [-0.2, 0) is 29.6 Å². The number of carbonyl (C=O) groups is 1. The van der Waals surface area contributed by atoms with E-state index in [9.17, 15) is 48.0 Å². The Morgan fingerprint density at radius 2 is 1.58 bits per heavy atom. The number of esters is 1. The van der Waals surface area contributed by atoms with Gasteiger partial charge in [0.1, 0.15) is 0 Å². The van der Waals surface area contributed by atoms with Crippen molar-refractivity contribution < 1.29 is 52.7 Å². The van der Waals surface area contributed by atoms with Crippen LogP contribution in [0.15, 0.2) is 12.2 Å². The molecule has 15 heteroatoms. The molecule has 0 aromatic carbocycles. The molecule has 0 amide bonds. The van der Waals surface area contributed by atoms with E-state index >= 15 is 0 Å². The minimum atomic E-state index is -6.82. The zero-order valence-electron chi connectivity index (χ0n) is 11.7. The lowest BCUT2D eigenvalue weighted by Gasteiger charge is -2.29. The molecular formula is C9H10F6NO6S2-. The number of halogens is 6. The number of rotatable bonds is 8. The predicted molar refractivity (Wildman–Crippen MR) is 67.5 cm³/mol. The van der Waals surface area contributed by atoms with Crippen molar-refractivity contribution in [3.8, 4) is 0 Å². The summed E-state index contributed by atoms with van der Waals surface area (Å²) in [7, 11) is -13.5. The van der Waals surface area contributed by atoms with Gasteiger partial charge >= 0.3 is 16.7 Å². The zero-order valence-corrected chi connectivity index (χ0v) is 13.3. The molecule has 7 nitrogen and oxygen atoms in total. The highest BCUT2D eigenvalue weighted by Crippen LogP contribution is 2.39. The number of hydrogen-bond acceptors (Lipinski definition) is 6. The Balaban J connectivity index is 5.14. The van der Waals surface area contributed by atoms with Gasteiger partial charge in [0, 0.05) is 12.0 Å². The third-order valence-electron chi connectivity index (χ3n) is 2.15. The summed E-state index contributed by atoms with van der Waals surface area (Å²) in [6.45, 7) is 3.20. The second-order valence-corrected chi connectivity index (χ2v) is 7.71. The number of carbonyl (C=O) groups excluding carboxylic acids is 1. The Morgan fingerprint density at radius 3 is 1.96 bits per heavy atom. The molecule has 0 saturated carbocycles. The van der Waals surface area contributed by atoms with E-state index in [-0.39, 0.29) is 5.57 Å². The Kier molecular flexibility index (Phi) is 6.86. The normalized spacial score (nSPS) is 15.0. The molecule has 0 saturated heterocycles. The first-order chi connectivity index (χ1) is 10.5. The maximum absolute atomic E-state index is 13.4. The Morgan fingerprint density at radius 1 is 1.12 bits per heavy atom. The number of hydrogen-bond donors (Lipinski definition) is 0. The molecule has 0 heterocycles. The van der Waals surface area contributed by atoms with Gasteiger partial charge in [-0.15, -0.1) is 0 Å². The van der Waals surface area contributed by atoms with Gasteiger partial charge in [-0.1, -0.05) is 6.58 Å². The van der Waals surface area contributed by atoms with Crippen LogP contribution in [0.3, 0.4) is 0 Å². The van der Waals surface area contributed by atoms with Crippen LogP contribution in [0.25, 0.3) is 4.13 Å². The van der Waals surface area contributed by atoms with Crippen LogP contribution in [0, 0.1) is 0 Å². The average molecular weight is 406 g/mol. The first-order valence-electron chi connectivity index (χ1n) is 5.60. The van der Waals surface area contributed by atoms with Gasteiger partial charge in [0.15, 0.2) is 26.2 Å². The lowest BCUT2D eigenvalue weighted by Crippen LogP contribution is -2.41. The van der Waals surface area contributed by atoms with Crippen LogP contribution in [0.1, 0.15) is 13.3 Å². The fourth-order valence-electron chi connectivity index (χ4n) is 0.929. The van der Waals surface area contributed by atoms with Gasteiger partial charge in [-0.2, -0.15) is 22.0 Å². The molecule has 0 aliphatic rings. The van der Waals surface area contributed by atoms with E-state index in [2.05, 4.69) is 11.3 Å². The van der Waals surface area contributed by atoms with Crippen molar-refractivity contribution in [1.29, 1.82) is 0 Å². The molecule has 1 unspecified atom stereocenters. The molecule has 0 spiro atoms. The van der Waals surface area contributed by atoms with Crippen LogP contribution >= 0.6 is 0 Å². The minimum Gasteiger partial charge on any atom is -0.462 e. The lowest BCUT2D eigenvalue weighted by molar-refractivity contribution is -0.140. The predicted octanol–water partition coefficient (Wildman–Crippen LogP) is 1.98. The third kappa shape index (κ3) is 5.34. The fraction of sp³-hybridized carbons (Fsp3) is 0.667. The summed E-state index contributed by atoms with van der Waals surface area (Å²) in [5, 5.41) is -5.60. The zero-order chi connectivity index (χ0) is 19.6. The summed E-state index contributed by atoms with van der Waals surface area (Å²) < 4.78 is 124. The summed E-state index contributed by atoms with van der Waals surface area (Å²) in [5.41, 5.74) is -6.45. The highest BCUT2D eigenvalue weighted by molar-refractivity contribution is 8.13. The largest absolute Gasteiger partial charge is 0.480 e. The molecule has 0 fully saturated rings. The van der Waals surface area contributed by atoms with Crippen molar-refractivity contribution in [3.05, 3.63) is 16.3 Å². The van der Waals surface area contributed by atoms with E-state index in [1.54, 1.807) is 0 Å². The van der Waals surface area contributed by atoms with E-state index in [1.807, 2.05) is 0 Å². The quantitative estimate of drug-likeness (QED) is 0.346. The average Bonchev–Trinajstić information content (AvgIpc) is 2.35. The molecule has 0 aromatic heterocycles. The molecule has 0 aliphatic carbocycles. The Hall–Kier alpha value is -1.35. The van der Waals surface area contributed by atoms with Crippen molar-refractivity contribution in [3.63, 3.8) is 0 Å². The molecule has 0 bridgehead atoms. The smallest absolute Gasteiger partial charge is 0.462 e. The Bertz CT molecular complexity index is 699. The monoisotopic (exact) mass is 406 g/mol. The van der Waals surface area contributed by atoms with Gasteiger partial charge in [-0.05, 0) is 6.92 Å². The van der Waals surface area contributed by atoms with Gasteiger partial charge in [-0.25, -0.2) is 26.0 Å². The van der Waals surface area contributed by atoms with Gasteiger partial charge in [0.05, 0.1) is 6.61 Å². The molecule has 0 radical (unpaired) electrons. The van der Waals surface area contributed by atoms with Crippen LogP contribution in [0.5, 0.6) is 0 Å². The molecule has 0 rings (SSSR count). The molecule has 24 heavy (non-hydrogen) atoms. The van der Waals surface area contributed by atoms with E-state index in [4.69, 9.17) is 0 Å². The summed E-state index contributed by atoms with van der Waals surface area (Å²) in [6.07, 6.45) is -5.14. The molecule has 0 aliphatic heterocycles. The molecule has 0 aromatic rings. The van der Waals surface area contributed by atoms with Crippen LogP contribution < -0.4 is 0 Å². The number of sulfonamides is 2. The lowest BCUT2D eigenvalue weighted by atomic mass is 10.3. The van der Waals surface area contributed by atoms with Crippen molar-refractivity contribution >= 4 is 26.0 Å². The van der Waals surface area contributed by atoms with E-state index in [0.717, 1.165) is 11.1 Å². The van der Waals surface area contributed by atoms with Crippen molar-refractivity contribution in [1.82, 2.24) is 0 Å².